The second-order valence-corrected chi connectivity index (χ2v) is 3.91. The van der Waals surface area contributed by atoms with Crippen molar-refractivity contribution in [2.75, 3.05) is 18.0 Å². The highest BCUT2D eigenvalue weighted by molar-refractivity contribution is 5.94. The van der Waals surface area contributed by atoms with Crippen molar-refractivity contribution in [3.63, 3.8) is 0 Å². The van der Waals surface area contributed by atoms with Crippen LogP contribution in [0.3, 0.4) is 0 Å². The van der Waals surface area contributed by atoms with E-state index in [2.05, 4.69) is 0 Å². The number of benzene rings is 1. The van der Waals surface area contributed by atoms with E-state index in [1.54, 1.807) is 17.1 Å². The molecule has 0 atom stereocenters. The Morgan fingerprint density at radius 3 is 2.33 bits per heavy atom. The maximum atomic E-state index is 12.6. The zero-order valence-corrected chi connectivity index (χ0v) is 9.24. The van der Waals surface area contributed by atoms with Crippen molar-refractivity contribution < 1.29 is 23.1 Å². The summed E-state index contributed by atoms with van der Waals surface area (Å²) in [6.07, 6.45) is -0.906. The van der Waals surface area contributed by atoms with Crippen LogP contribution in [-0.2, 0) is 6.18 Å². The Labute approximate surface area is 101 Å². The fraction of sp³-hybridized carbons (Fsp3) is 0.250. The monoisotopic (exact) mass is 257 g/mol. The van der Waals surface area contributed by atoms with Crippen LogP contribution >= 0.6 is 0 Å². The van der Waals surface area contributed by atoms with Crippen LogP contribution in [0.5, 0.6) is 0 Å². The first-order chi connectivity index (χ1) is 8.39. The summed E-state index contributed by atoms with van der Waals surface area (Å²) in [6, 6.07) is 2.67. The molecule has 3 nitrogen and oxygen atoms in total. The lowest BCUT2D eigenvalue weighted by Crippen LogP contribution is -2.22. The molecule has 2 rings (SSSR count). The van der Waals surface area contributed by atoms with Crippen molar-refractivity contribution in [2.45, 2.75) is 6.18 Å². The molecule has 1 aromatic rings. The van der Waals surface area contributed by atoms with E-state index in [0.717, 1.165) is 18.2 Å². The van der Waals surface area contributed by atoms with Gasteiger partial charge in [-0.05, 0) is 18.2 Å². The molecule has 1 aliphatic heterocycles. The zero-order valence-electron chi connectivity index (χ0n) is 9.24. The molecular formula is C12H10F3NO2. The van der Waals surface area contributed by atoms with Crippen LogP contribution in [0, 0.1) is 0 Å². The van der Waals surface area contributed by atoms with Gasteiger partial charge >= 0.3 is 12.1 Å². The molecule has 0 saturated heterocycles. The number of hydrogen-bond acceptors (Lipinski definition) is 2. The quantitative estimate of drug-likeness (QED) is 0.828. The van der Waals surface area contributed by atoms with Gasteiger partial charge < -0.3 is 10.0 Å². The molecule has 0 spiro atoms. The van der Waals surface area contributed by atoms with Crippen molar-refractivity contribution >= 4 is 11.7 Å². The van der Waals surface area contributed by atoms with E-state index in [0.29, 0.717) is 13.1 Å². The van der Waals surface area contributed by atoms with Gasteiger partial charge in [-0.1, -0.05) is 12.2 Å². The molecule has 0 amide bonds. The number of halogens is 3. The molecule has 1 aromatic carbocycles. The van der Waals surface area contributed by atoms with Crippen molar-refractivity contribution in [3.8, 4) is 0 Å². The third-order valence-corrected chi connectivity index (χ3v) is 2.71. The van der Waals surface area contributed by atoms with Gasteiger partial charge in [0.2, 0.25) is 0 Å². The van der Waals surface area contributed by atoms with Crippen LogP contribution in [0.4, 0.5) is 18.9 Å². The van der Waals surface area contributed by atoms with Crippen molar-refractivity contribution in [1.82, 2.24) is 0 Å². The first kappa shape index (κ1) is 12.5. The Morgan fingerprint density at radius 1 is 1.22 bits per heavy atom. The number of alkyl halides is 3. The van der Waals surface area contributed by atoms with E-state index in [9.17, 15) is 18.0 Å². The average molecular weight is 257 g/mol. The topological polar surface area (TPSA) is 40.5 Å². The minimum absolute atomic E-state index is 0.0994. The fourth-order valence-electron chi connectivity index (χ4n) is 1.83. The Hall–Kier alpha value is -1.98. The number of aromatic carboxylic acids is 1. The van der Waals surface area contributed by atoms with Gasteiger partial charge in [0.05, 0.1) is 16.8 Å². The summed E-state index contributed by atoms with van der Waals surface area (Å²) in [7, 11) is 0. The summed E-state index contributed by atoms with van der Waals surface area (Å²) in [5.74, 6) is -1.23. The molecule has 1 heterocycles. The minimum Gasteiger partial charge on any atom is -0.478 e. The normalized spacial score (nSPS) is 15.2. The third kappa shape index (κ3) is 2.32. The highest BCUT2D eigenvalue weighted by Gasteiger charge is 2.32. The van der Waals surface area contributed by atoms with E-state index in [4.69, 9.17) is 5.11 Å². The first-order valence-corrected chi connectivity index (χ1v) is 5.24. The first-order valence-electron chi connectivity index (χ1n) is 5.24. The molecule has 6 heteroatoms. The highest BCUT2D eigenvalue weighted by Crippen LogP contribution is 2.34. The van der Waals surface area contributed by atoms with Gasteiger partial charge in [-0.2, -0.15) is 13.2 Å². The third-order valence-electron chi connectivity index (χ3n) is 2.71. The van der Waals surface area contributed by atoms with Crippen LogP contribution in [0.1, 0.15) is 15.9 Å². The van der Waals surface area contributed by atoms with Gasteiger partial charge in [0.15, 0.2) is 0 Å². The summed E-state index contributed by atoms with van der Waals surface area (Å²) in [6.45, 7) is 0.836. The smallest absolute Gasteiger partial charge is 0.416 e. The van der Waals surface area contributed by atoms with Crippen LogP contribution < -0.4 is 4.90 Å². The summed E-state index contributed by atoms with van der Waals surface area (Å²) < 4.78 is 37.8. The van der Waals surface area contributed by atoms with Crippen LogP contribution in [-0.4, -0.2) is 24.2 Å². The van der Waals surface area contributed by atoms with Gasteiger partial charge in [-0.15, -0.1) is 0 Å². The Kier molecular flexibility index (Phi) is 3.02. The number of rotatable bonds is 2. The SMILES string of the molecule is O=C(O)c1ccc(C(F)(F)F)cc1N1CC=CC1. The van der Waals surface area contributed by atoms with Crippen LogP contribution in [0.2, 0.25) is 0 Å². The van der Waals surface area contributed by atoms with E-state index in [1.165, 1.54) is 0 Å². The molecule has 0 unspecified atom stereocenters. The average Bonchev–Trinajstić information content (AvgIpc) is 2.80. The molecule has 0 bridgehead atoms. The fourth-order valence-corrected chi connectivity index (χ4v) is 1.83. The Morgan fingerprint density at radius 2 is 1.83 bits per heavy atom. The predicted molar refractivity (Wildman–Crippen MR) is 59.8 cm³/mol. The second-order valence-electron chi connectivity index (χ2n) is 3.91. The molecule has 1 N–H and O–H groups in total. The van der Waals surface area contributed by atoms with Crippen LogP contribution in [0.15, 0.2) is 30.4 Å². The van der Waals surface area contributed by atoms with E-state index in [1.807, 2.05) is 0 Å². The molecule has 0 aliphatic carbocycles. The van der Waals surface area contributed by atoms with Crippen molar-refractivity contribution in [3.05, 3.63) is 41.5 Å². The molecule has 0 aromatic heterocycles. The highest BCUT2D eigenvalue weighted by atomic mass is 19.4. The number of carbonyl (C=O) groups is 1. The summed E-state index contributed by atoms with van der Waals surface area (Å²) in [4.78, 5) is 12.6. The van der Waals surface area contributed by atoms with Crippen molar-refractivity contribution in [1.29, 1.82) is 0 Å². The summed E-state index contributed by atoms with van der Waals surface area (Å²) in [5.41, 5.74) is -0.858. The lowest BCUT2D eigenvalue weighted by atomic mass is 10.1. The number of carboxylic acid groups (broad SMARTS) is 1. The van der Waals surface area contributed by atoms with E-state index < -0.39 is 17.7 Å². The molecule has 18 heavy (non-hydrogen) atoms. The molecule has 0 fully saturated rings. The lowest BCUT2D eigenvalue weighted by molar-refractivity contribution is -0.137. The number of anilines is 1. The zero-order chi connectivity index (χ0) is 13.3. The standard InChI is InChI=1S/C12H10F3NO2/c13-12(14,15)8-3-4-9(11(17)18)10(7-8)16-5-1-2-6-16/h1-4,7H,5-6H2,(H,17,18). The van der Waals surface area contributed by atoms with Gasteiger partial charge in [-0.25, -0.2) is 4.79 Å². The maximum Gasteiger partial charge on any atom is 0.416 e. The number of hydrogen-bond donors (Lipinski definition) is 1. The lowest BCUT2D eigenvalue weighted by Gasteiger charge is -2.21. The van der Waals surface area contributed by atoms with Crippen LogP contribution in [0.25, 0.3) is 0 Å². The molecule has 0 radical (unpaired) electrons. The largest absolute Gasteiger partial charge is 0.478 e. The number of nitrogens with zero attached hydrogens (tertiary/aromatic N) is 1. The molecule has 0 saturated carbocycles. The summed E-state index contributed by atoms with van der Waals surface area (Å²) in [5, 5.41) is 8.99. The van der Waals surface area contributed by atoms with E-state index in [-0.39, 0.29) is 11.3 Å². The maximum absolute atomic E-state index is 12.6. The second kappa shape index (κ2) is 4.36. The summed E-state index contributed by atoms with van der Waals surface area (Å²) >= 11 is 0. The molecule has 1 aliphatic rings. The predicted octanol–water partition coefficient (Wildman–Crippen LogP) is 2.78. The van der Waals surface area contributed by atoms with Gasteiger partial charge in [0.25, 0.3) is 0 Å². The van der Waals surface area contributed by atoms with E-state index >= 15 is 0 Å². The van der Waals surface area contributed by atoms with Gasteiger partial charge in [-0.3, -0.25) is 0 Å². The Bertz CT molecular complexity index is 501. The molecule has 96 valence electrons. The number of carboxylic acids is 1. The van der Waals surface area contributed by atoms with Gasteiger partial charge in [0, 0.05) is 13.1 Å². The Balaban J connectivity index is 2.47. The van der Waals surface area contributed by atoms with Crippen molar-refractivity contribution in [2.24, 2.45) is 0 Å². The molecular weight excluding hydrogens is 247 g/mol. The van der Waals surface area contributed by atoms with Gasteiger partial charge in [0.1, 0.15) is 0 Å². The minimum atomic E-state index is -4.47.